The Labute approximate surface area is 119 Å². The number of para-hydroxylation sites is 1. The number of nitro groups is 1. The van der Waals surface area contributed by atoms with Crippen molar-refractivity contribution in [2.75, 3.05) is 0 Å². The van der Waals surface area contributed by atoms with Gasteiger partial charge in [0.2, 0.25) is 0 Å². The van der Waals surface area contributed by atoms with Crippen molar-refractivity contribution in [3.8, 4) is 5.75 Å². The molecular weight excluding hydrogens is 278 g/mol. The summed E-state index contributed by atoms with van der Waals surface area (Å²) in [7, 11) is 0. The van der Waals surface area contributed by atoms with Gasteiger partial charge < -0.3 is 15.7 Å². The average Bonchev–Trinajstić information content (AvgIpc) is 2.36. The Morgan fingerprint density at radius 1 is 1.48 bits per heavy atom. The highest BCUT2D eigenvalue weighted by atomic mass is 16.6. The van der Waals surface area contributed by atoms with Crippen LogP contribution in [0, 0.1) is 16.0 Å². The van der Waals surface area contributed by atoms with Crippen LogP contribution in [0.5, 0.6) is 5.75 Å². The van der Waals surface area contributed by atoms with Gasteiger partial charge >= 0.3 is 11.7 Å². The smallest absolute Gasteiger partial charge is 0.319 e. The van der Waals surface area contributed by atoms with E-state index in [0.29, 0.717) is 0 Å². The summed E-state index contributed by atoms with van der Waals surface area (Å²) in [5, 5.41) is 25.8. The van der Waals surface area contributed by atoms with Crippen molar-refractivity contribution in [3.63, 3.8) is 0 Å². The molecule has 1 aromatic rings. The van der Waals surface area contributed by atoms with Gasteiger partial charge in [-0.1, -0.05) is 18.7 Å². The Morgan fingerprint density at radius 3 is 2.71 bits per heavy atom. The van der Waals surface area contributed by atoms with Crippen LogP contribution in [0.4, 0.5) is 10.5 Å². The number of urea groups is 1. The Bertz CT molecular complexity index is 655. The summed E-state index contributed by atoms with van der Waals surface area (Å²) in [6, 6.07) is 2.43. The number of phenols is 1. The predicted molar refractivity (Wildman–Crippen MR) is 72.5 cm³/mol. The Hall–Kier alpha value is -2.90. The van der Waals surface area contributed by atoms with Gasteiger partial charge in [0.1, 0.15) is 5.78 Å². The zero-order valence-electron chi connectivity index (χ0n) is 11.1. The maximum atomic E-state index is 11.8. The Morgan fingerprint density at radius 2 is 2.14 bits per heavy atom. The third-order valence-corrected chi connectivity index (χ3v) is 3.29. The number of hydrogen-bond donors (Lipinski definition) is 3. The first kappa shape index (κ1) is 14.5. The molecule has 0 spiro atoms. The third-order valence-electron chi connectivity index (χ3n) is 3.29. The molecule has 1 fully saturated rings. The van der Waals surface area contributed by atoms with E-state index in [1.807, 2.05) is 0 Å². The number of hydrogen-bond acceptors (Lipinski definition) is 5. The average molecular weight is 291 g/mol. The summed E-state index contributed by atoms with van der Waals surface area (Å²) in [6.45, 7) is 4.94. The number of nitrogens with one attached hydrogen (secondary N) is 2. The van der Waals surface area contributed by atoms with Gasteiger partial charge in [-0.25, -0.2) is 4.79 Å². The number of nitro benzene ring substituents is 1. The van der Waals surface area contributed by atoms with Crippen LogP contribution in [0.2, 0.25) is 0 Å². The van der Waals surface area contributed by atoms with E-state index in [4.69, 9.17) is 0 Å². The van der Waals surface area contributed by atoms with Crippen molar-refractivity contribution in [2.24, 2.45) is 5.92 Å². The summed E-state index contributed by atoms with van der Waals surface area (Å²) in [4.78, 5) is 33.4. The number of amides is 2. The molecule has 0 saturated carbocycles. The number of ketones is 1. The van der Waals surface area contributed by atoms with E-state index in [0.717, 1.165) is 6.07 Å². The van der Waals surface area contributed by atoms with Gasteiger partial charge in [-0.3, -0.25) is 14.9 Å². The molecule has 8 heteroatoms. The van der Waals surface area contributed by atoms with Gasteiger partial charge in [-0.2, -0.15) is 0 Å². The van der Waals surface area contributed by atoms with Crippen LogP contribution in [0.1, 0.15) is 18.5 Å². The number of benzene rings is 1. The van der Waals surface area contributed by atoms with Crippen molar-refractivity contribution in [2.45, 2.75) is 13.0 Å². The zero-order chi connectivity index (χ0) is 15.7. The number of Topliss-reactive ketones (excluding diaryl/α,β-unsaturated/α-hetero) is 1. The first-order valence-corrected chi connectivity index (χ1v) is 6.06. The minimum atomic E-state index is -0.913. The van der Waals surface area contributed by atoms with E-state index >= 15 is 0 Å². The predicted octanol–water partition coefficient (Wildman–Crippen LogP) is 1.37. The molecule has 3 N–H and O–H groups in total. The van der Waals surface area contributed by atoms with Gasteiger partial charge in [-0.05, 0) is 6.92 Å². The molecule has 0 radical (unpaired) electrons. The van der Waals surface area contributed by atoms with Gasteiger partial charge in [0, 0.05) is 17.3 Å². The van der Waals surface area contributed by atoms with E-state index in [1.54, 1.807) is 0 Å². The van der Waals surface area contributed by atoms with Gasteiger partial charge in [0.05, 0.1) is 16.9 Å². The first-order valence-electron chi connectivity index (χ1n) is 6.06. The van der Waals surface area contributed by atoms with Crippen LogP contribution >= 0.6 is 0 Å². The van der Waals surface area contributed by atoms with Gasteiger partial charge in [0.15, 0.2) is 5.75 Å². The minimum absolute atomic E-state index is 0.0976. The molecular formula is C13H13N3O5. The van der Waals surface area contributed by atoms with Crippen molar-refractivity contribution >= 4 is 17.5 Å². The van der Waals surface area contributed by atoms with Crippen molar-refractivity contribution in [1.82, 2.24) is 10.6 Å². The summed E-state index contributed by atoms with van der Waals surface area (Å²) >= 11 is 0. The topological polar surface area (TPSA) is 122 Å². The van der Waals surface area contributed by atoms with Crippen LogP contribution in [-0.2, 0) is 4.79 Å². The highest BCUT2D eigenvalue weighted by Gasteiger charge is 2.38. The minimum Gasteiger partial charge on any atom is -0.502 e. The molecule has 0 aromatic heterocycles. The number of rotatable bonds is 3. The van der Waals surface area contributed by atoms with E-state index in [2.05, 4.69) is 17.2 Å². The lowest BCUT2D eigenvalue weighted by Crippen LogP contribution is -2.50. The highest BCUT2D eigenvalue weighted by molar-refractivity contribution is 5.88. The van der Waals surface area contributed by atoms with Crippen molar-refractivity contribution in [3.05, 3.63) is 46.2 Å². The van der Waals surface area contributed by atoms with Crippen LogP contribution in [0.15, 0.2) is 30.5 Å². The van der Waals surface area contributed by atoms with E-state index in [-0.39, 0.29) is 17.0 Å². The van der Waals surface area contributed by atoms with Crippen LogP contribution < -0.4 is 10.6 Å². The summed E-state index contributed by atoms with van der Waals surface area (Å²) in [5.41, 5.74) is -0.212. The number of aromatic hydroxyl groups is 1. The molecule has 1 aliphatic heterocycles. The SMILES string of the molecule is C=C1NC(=O)NC(c2cccc([N+](=O)[O-])c2O)C1C(C)=O. The molecule has 2 amide bonds. The largest absolute Gasteiger partial charge is 0.502 e. The second-order valence-corrected chi connectivity index (χ2v) is 4.66. The maximum Gasteiger partial charge on any atom is 0.319 e. The molecule has 110 valence electrons. The van der Waals surface area contributed by atoms with Crippen molar-refractivity contribution in [1.29, 1.82) is 0 Å². The first-order chi connectivity index (χ1) is 9.82. The number of carbonyl (C=O) groups is 2. The number of nitrogens with zero attached hydrogens (tertiary/aromatic N) is 1. The second-order valence-electron chi connectivity index (χ2n) is 4.66. The molecule has 0 bridgehead atoms. The highest BCUT2D eigenvalue weighted by Crippen LogP contribution is 2.39. The molecule has 1 aliphatic rings. The monoisotopic (exact) mass is 291 g/mol. The fourth-order valence-corrected chi connectivity index (χ4v) is 2.37. The lowest BCUT2D eigenvalue weighted by atomic mass is 9.85. The molecule has 1 saturated heterocycles. The quantitative estimate of drug-likeness (QED) is 0.573. The molecule has 1 aromatic carbocycles. The molecule has 2 atom stereocenters. The lowest BCUT2D eigenvalue weighted by molar-refractivity contribution is -0.386. The zero-order valence-corrected chi connectivity index (χ0v) is 11.1. The van der Waals surface area contributed by atoms with E-state index in [9.17, 15) is 24.8 Å². The summed E-state index contributed by atoms with van der Waals surface area (Å²) in [6.07, 6.45) is 0. The summed E-state index contributed by atoms with van der Waals surface area (Å²) < 4.78 is 0. The van der Waals surface area contributed by atoms with Crippen molar-refractivity contribution < 1.29 is 19.6 Å². The molecule has 2 rings (SSSR count). The molecule has 2 unspecified atom stereocenters. The number of phenolic OH excluding ortho intramolecular Hbond substituents is 1. The van der Waals surface area contributed by atoms with Gasteiger partial charge in [-0.15, -0.1) is 0 Å². The fraction of sp³-hybridized carbons (Fsp3) is 0.231. The third kappa shape index (κ3) is 2.55. The maximum absolute atomic E-state index is 11.8. The Balaban J connectivity index is 2.54. The second kappa shape index (κ2) is 5.23. The Kier molecular flexibility index (Phi) is 3.62. The molecule has 1 heterocycles. The van der Waals surface area contributed by atoms with E-state index < -0.39 is 34.4 Å². The standard InChI is InChI=1S/C13H13N3O5/c1-6-10(7(2)17)11(15-13(19)14-6)8-4-3-5-9(12(8)18)16(20)21/h3-5,10-11,18H,1H2,2H3,(H2,14,15,19). The molecule has 21 heavy (non-hydrogen) atoms. The fourth-order valence-electron chi connectivity index (χ4n) is 2.37. The van der Waals surface area contributed by atoms with Crippen LogP contribution in [0.25, 0.3) is 0 Å². The molecule has 8 nitrogen and oxygen atoms in total. The van der Waals surface area contributed by atoms with Crippen LogP contribution in [0.3, 0.4) is 0 Å². The van der Waals surface area contributed by atoms with E-state index in [1.165, 1.54) is 19.1 Å². The summed E-state index contributed by atoms with van der Waals surface area (Å²) in [5.74, 6) is -1.69. The number of carbonyl (C=O) groups excluding carboxylic acids is 2. The lowest BCUT2D eigenvalue weighted by Gasteiger charge is -2.33. The van der Waals surface area contributed by atoms with Crippen LogP contribution in [-0.4, -0.2) is 21.8 Å². The van der Waals surface area contributed by atoms with Gasteiger partial charge in [0.25, 0.3) is 0 Å². The molecule has 0 aliphatic carbocycles. The normalized spacial score (nSPS) is 21.4.